The van der Waals surface area contributed by atoms with E-state index in [0.717, 1.165) is 29.7 Å². The van der Waals surface area contributed by atoms with Crippen molar-refractivity contribution in [3.63, 3.8) is 0 Å². The number of benzene rings is 1. The molecule has 0 saturated carbocycles. The molecule has 0 aliphatic carbocycles. The van der Waals surface area contributed by atoms with Crippen molar-refractivity contribution >= 4 is 11.0 Å². The number of pyridine rings is 1. The average molecular weight is 251 g/mol. The molecule has 1 N–H and O–H groups in total. The number of aromatic nitrogens is 3. The Labute approximate surface area is 112 Å². The molecular weight excluding hydrogens is 234 g/mol. The first-order chi connectivity index (χ1) is 9.22. The summed E-state index contributed by atoms with van der Waals surface area (Å²) in [5, 5.41) is 0. The molecule has 0 spiro atoms. The number of nitrogens with zero attached hydrogens (tertiary/aromatic N) is 2. The Hall–Kier alpha value is -2.16. The molecule has 0 saturated heterocycles. The Kier molecular flexibility index (Phi) is 3.03. The maximum Gasteiger partial charge on any atom is 0.107 e. The molecule has 0 aliphatic heterocycles. The minimum atomic E-state index is 0.927. The molecule has 19 heavy (non-hydrogen) atoms. The van der Waals surface area contributed by atoms with Gasteiger partial charge in [0, 0.05) is 18.8 Å². The van der Waals surface area contributed by atoms with Gasteiger partial charge < -0.3 is 4.98 Å². The molecule has 0 aliphatic rings. The van der Waals surface area contributed by atoms with E-state index in [1.807, 2.05) is 12.4 Å². The fraction of sp³-hybridized carbons (Fsp3) is 0.250. The number of hydrogen-bond donors (Lipinski definition) is 1. The first-order valence-corrected chi connectivity index (χ1v) is 6.57. The molecule has 2 aromatic heterocycles. The van der Waals surface area contributed by atoms with Crippen molar-refractivity contribution in [2.75, 3.05) is 0 Å². The minimum Gasteiger partial charge on any atom is -0.342 e. The summed E-state index contributed by atoms with van der Waals surface area (Å²) in [6.45, 7) is 4.26. The summed E-state index contributed by atoms with van der Waals surface area (Å²) in [5.74, 6) is 1.05. The lowest BCUT2D eigenvalue weighted by atomic mass is 10.1. The molecule has 0 radical (unpaired) electrons. The van der Waals surface area contributed by atoms with Crippen LogP contribution in [0.2, 0.25) is 0 Å². The number of rotatable bonds is 3. The molecule has 3 rings (SSSR count). The molecule has 96 valence electrons. The average Bonchev–Trinajstić information content (AvgIpc) is 2.80. The molecule has 0 fully saturated rings. The molecule has 3 heteroatoms. The maximum atomic E-state index is 4.66. The van der Waals surface area contributed by atoms with Crippen LogP contribution in [0.1, 0.15) is 22.5 Å². The second kappa shape index (κ2) is 4.84. The summed E-state index contributed by atoms with van der Waals surface area (Å²) in [6, 6.07) is 8.43. The minimum absolute atomic E-state index is 0.927. The SMILES string of the molecule is Cc1cc2nc(CCc3ccncc3)[nH]c2cc1C. The highest BCUT2D eigenvalue weighted by Gasteiger charge is 2.05. The van der Waals surface area contributed by atoms with E-state index in [1.54, 1.807) is 0 Å². The lowest BCUT2D eigenvalue weighted by Gasteiger charge is -1.97. The van der Waals surface area contributed by atoms with Crippen LogP contribution in [0, 0.1) is 13.8 Å². The number of nitrogens with one attached hydrogen (secondary N) is 1. The Morgan fingerprint density at radius 1 is 1.00 bits per heavy atom. The summed E-state index contributed by atoms with van der Waals surface area (Å²) in [5.41, 5.74) is 6.08. The highest BCUT2D eigenvalue weighted by molar-refractivity contribution is 5.77. The van der Waals surface area contributed by atoms with E-state index < -0.39 is 0 Å². The largest absolute Gasteiger partial charge is 0.342 e. The highest BCUT2D eigenvalue weighted by Crippen LogP contribution is 2.17. The van der Waals surface area contributed by atoms with Crippen LogP contribution in [0.3, 0.4) is 0 Å². The van der Waals surface area contributed by atoms with E-state index in [2.05, 4.69) is 53.1 Å². The molecule has 3 aromatic rings. The first-order valence-electron chi connectivity index (χ1n) is 6.57. The van der Waals surface area contributed by atoms with E-state index in [0.29, 0.717) is 0 Å². The van der Waals surface area contributed by atoms with E-state index >= 15 is 0 Å². The smallest absolute Gasteiger partial charge is 0.107 e. The Bertz CT molecular complexity index is 660. The van der Waals surface area contributed by atoms with Crippen molar-refractivity contribution < 1.29 is 0 Å². The third kappa shape index (κ3) is 2.50. The highest BCUT2D eigenvalue weighted by atomic mass is 14.9. The van der Waals surface area contributed by atoms with Crippen LogP contribution in [0.25, 0.3) is 11.0 Å². The quantitative estimate of drug-likeness (QED) is 0.775. The number of hydrogen-bond acceptors (Lipinski definition) is 2. The number of aromatic amines is 1. The van der Waals surface area contributed by atoms with Gasteiger partial charge in [-0.25, -0.2) is 4.98 Å². The monoisotopic (exact) mass is 251 g/mol. The van der Waals surface area contributed by atoms with Gasteiger partial charge in [-0.1, -0.05) is 0 Å². The van der Waals surface area contributed by atoms with Crippen molar-refractivity contribution in [2.45, 2.75) is 26.7 Å². The lowest BCUT2D eigenvalue weighted by molar-refractivity contribution is 0.887. The second-order valence-corrected chi connectivity index (χ2v) is 4.99. The van der Waals surface area contributed by atoms with Crippen LogP contribution >= 0.6 is 0 Å². The summed E-state index contributed by atoms with van der Waals surface area (Å²) in [4.78, 5) is 12.1. The zero-order valence-electron chi connectivity index (χ0n) is 11.3. The van der Waals surface area contributed by atoms with E-state index in [-0.39, 0.29) is 0 Å². The van der Waals surface area contributed by atoms with Gasteiger partial charge in [-0.05, 0) is 61.2 Å². The number of imidazole rings is 1. The predicted molar refractivity (Wildman–Crippen MR) is 77.2 cm³/mol. The van der Waals surface area contributed by atoms with Gasteiger partial charge >= 0.3 is 0 Å². The Morgan fingerprint density at radius 2 is 1.74 bits per heavy atom. The second-order valence-electron chi connectivity index (χ2n) is 4.99. The molecule has 2 heterocycles. The van der Waals surface area contributed by atoms with Gasteiger partial charge in [0.2, 0.25) is 0 Å². The van der Waals surface area contributed by atoms with Gasteiger partial charge in [-0.15, -0.1) is 0 Å². The molecule has 0 bridgehead atoms. The molecule has 0 unspecified atom stereocenters. The third-order valence-electron chi connectivity index (χ3n) is 3.55. The first kappa shape index (κ1) is 11.9. The fourth-order valence-electron chi connectivity index (χ4n) is 2.25. The fourth-order valence-corrected chi connectivity index (χ4v) is 2.25. The molecule has 0 atom stereocenters. The topological polar surface area (TPSA) is 41.6 Å². The van der Waals surface area contributed by atoms with Crippen molar-refractivity contribution in [1.29, 1.82) is 0 Å². The predicted octanol–water partition coefficient (Wildman–Crippen LogP) is 3.36. The van der Waals surface area contributed by atoms with E-state index in [9.17, 15) is 0 Å². The van der Waals surface area contributed by atoms with Gasteiger partial charge in [0.15, 0.2) is 0 Å². The van der Waals surface area contributed by atoms with Crippen molar-refractivity contribution in [3.8, 4) is 0 Å². The molecular formula is C16H17N3. The van der Waals surface area contributed by atoms with Crippen LogP contribution in [-0.4, -0.2) is 15.0 Å². The van der Waals surface area contributed by atoms with E-state index in [1.165, 1.54) is 16.7 Å². The summed E-state index contributed by atoms with van der Waals surface area (Å²) >= 11 is 0. The van der Waals surface area contributed by atoms with Crippen molar-refractivity contribution in [1.82, 2.24) is 15.0 Å². The Morgan fingerprint density at radius 3 is 2.53 bits per heavy atom. The van der Waals surface area contributed by atoms with Gasteiger partial charge in [-0.2, -0.15) is 0 Å². The van der Waals surface area contributed by atoms with Crippen LogP contribution < -0.4 is 0 Å². The molecule has 0 amide bonds. The van der Waals surface area contributed by atoms with Gasteiger partial charge in [0.05, 0.1) is 11.0 Å². The van der Waals surface area contributed by atoms with E-state index in [4.69, 9.17) is 0 Å². The zero-order chi connectivity index (χ0) is 13.2. The van der Waals surface area contributed by atoms with Crippen molar-refractivity contribution in [3.05, 3.63) is 59.2 Å². The summed E-state index contributed by atoms with van der Waals surface area (Å²) < 4.78 is 0. The van der Waals surface area contributed by atoms with Crippen LogP contribution in [-0.2, 0) is 12.8 Å². The lowest BCUT2D eigenvalue weighted by Crippen LogP contribution is -1.93. The Balaban J connectivity index is 1.82. The van der Waals surface area contributed by atoms with Gasteiger partial charge in [0.25, 0.3) is 0 Å². The van der Waals surface area contributed by atoms with Crippen LogP contribution in [0.5, 0.6) is 0 Å². The summed E-state index contributed by atoms with van der Waals surface area (Å²) in [7, 11) is 0. The standard InChI is InChI=1S/C16H17N3/c1-11-9-14-15(10-12(11)2)19-16(18-14)4-3-13-5-7-17-8-6-13/h5-10H,3-4H2,1-2H3,(H,18,19). The molecule has 1 aromatic carbocycles. The van der Waals surface area contributed by atoms with Gasteiger partial charge in [0.1, 0.15) is 5.82 Å². The summed E-state index contributed by atoms with van der Waals surface area (Å²) in [6.07, 6.45) is 5.58. The maximum absolute atomic E-state index is 4.66. The van der Waals surface area contributed by atoms with Crippen molar-refractivity contribution in [2.24, 2.45) is 0 Å². The van der Waals surface area contributed by atoms with Crippen LogP contribution in [0.15, 0.2) is 36.7 Å². The number of fused-ring (bicyclic) bond motifs is 1. The normalized spacial score (nSPS) is 11.1. The number of aryl methyl sites for hydroxylation is 4. The number of H-pyrrole nitrogens is 1. The third-order valence-corrected chi connectivity index (χ3v) is 3.55. The van der Waals surface area contributed by atoms with Crippen LogP contribution in [0.4, 0.5) is 0 Å². The zero-order valence-corrected chi connectivity index (χ0v) is 11.3. The van der Waals surface area contributed by atoms with Gasteiger partial charge in [-0.3, -0.25) is 4.98 Å². The molecule has 3 nitrogen and oxygen atoms in total.